The van der Waals surface area contributed by atoms with Crippen molar-refractivity contribution < 1.29 is 46.0 Å². The van der Waals surface area contributed by atoms with Gasteiger partial charge in [0.25, 0.3) is 0 Å². The Bertz CT molecular complexity index is 1250. The van der Waals surface area contributed by atoms with Gasteiger partial charge in [0.1, 0.15) is 51.7 Å². The third kappa shape index (κ3) is 4.21. The van der Waals surface area contributed by atoms with Crippen LogP contribution in [0.2, 0.25) is 0 Å². The molecule has 9 heteroatoms. The van der Waals surface area contributed by atoms with Crippen LogP contribution < -0.4 is 0 Å². The Hall–Kier alpha value is -4.14. The van der Waals surface area contributed by atoms with Crippen LogP contribution in [0.15, 0.2) is 30.3 Å². The number of phenolic OH excluding ortho intramolecular Hbond substituents is 9. The lowest BCUT2D eigenvalue weighted by Crippen LogP contribution is -2.24. The van der Waals surface area contributed by atoms with E-state index < -0.39 is 46.0 Å². The fourth-order valence-electron chi connectivity index (χ4n) is 5.29. The largest absolute Gasteiger partial charge is 0.508 e. The summed E-state index contributed by atoms with van der Waals surface area (Å²) in [5, 5.41) is 94.5. The normalized spacial score (nSPS) is 14.8. The van der Waals surface area contributed by atoms with Crippen LogP contribution in [0.4, 0.5) is 0 Å². The summed E-state index contributed by atoms with van der Waals surface area (Å²) in [6.07, 6.45) is 0.530. The molecule has 9 nitrogen and oxygen atoms in total. The van der Waals surface area contributed by atoms with Crippen molar-refractivity contribution in [2.75, 3.05) is 0 Å². The lowest BCUT2D eigenvalue weighted by atomic mass is 9.70. The highest BCUT2D eigenvalue weighted by Crippen LogP contribution is 2.56. The second-order valence-electron chi connectivity index (χ2n) is 9.30. The molecule has 3 aromatic rings. The van der Waals surface area contributed by atoms with E-state index in [2.05, 4.69) is 0 Å². The highest BCUT2D eigenvalue weighted by atomic mass is 16.3. The number of aromatic hydroxyl groups is 9. The highest BCUT2D eigenvalue weighted by Gasteiger charge is 2.40. The first-order valence-corrected chi connectivity index (χ1v) is 11.6. The van der Waals surface area contributed by atoms with Crippen LogP contribution in [0.25, 0.3) is 0 Å². The number of hydrogen-bond acceptors (Lipinski definition) is 9. The molecule has 194 valence electrons. The molecule has 9 N–H and O–H groups in total. The maximum absolute atomic E-state index is 11.5. The fraction of sp³-hybridized carbons (Fsp3) is 0.333. The molecule has 0 saturated heterocycles. The van der Waals surface area contributed by atoms with Crippen molar-refractivity contribution in [3.8, 4) is 51.7 Å². The van der Waals surface area contributed by atoms with Gasteiger partial charge >= 0.3 is 0 Å². The molecule has 3 atom stereocenters. The quantitative estimate of drug-likeness (QED) is 0.214. The number of phenols is 9. The van der Waals surface area contributed by atoms with E-state index >= 15 is 0 Å². The Kier molecular flexibility index (Phi) is 6.97. The van der Waals surface area contributed by atoms with Crippen LogP contribution in [-0.4, -0.2) is 46.0 Å². The van der Waals surface area contributed by atoms with Crippen LogP contribution in [0.1, 0.15) is 74.6 Å². The minimum absolute atomic E-state index is 0.0129. The molecule has 0 radical (unpaired) electrons. The van der Waals surface area contributed by atoms with E-state index in [0.717, 1.165) is 30.3 Å². The summed E-state index contributed by atoms with van der Waals surface area (Å²) in [6.45, 7) is 6.73. The SMILES string of the molecule is CCC(c1c(O)cc(O)cc1O)C(C)c1c(O)cc(O)c(C(C)(CC)c2c(O)cc(O)cc2O)c1O. The monoisotopic (exact) mass is 500 g/mol. The van der Waals surface area contributed by atoms with Crippen molar-refractivity contribution >= 4 is 0 Å². The molecule has 3 unspecified atom stereocenters. The summed E-state index contributed by atoms with van der Waals surface area (Å²) in [4.78, 5) is 0. The number of hydrogen-bond donors (Lipinski definition) is 9. The zero-order valence-electron chi connectivity index (χ0n) is 20.5. The Morgan fingerprint density at radius 1 is 0.611 bits per heavy atom. The molecular formula is C27H32O9. The average Bonchev–Trinajstić information content (AvgIpc) is 2.74. The molecule has 0 amide bonds. The summed E-state index contributed by atoms with van der Waals surface area (Å²) < 4.78 is 0. The fourth-order valence-corrected chi connectivity index (χ4v) is 5.29. The van der Waals surface area contributed by atoms with Gasteiger partial charge in [-0.3, -0.25) is 0 Å². The first-order valence-electron chi connectivity index (χ1n) is 11.6. The van der Waals surface area contributed by atoms with Gasteiger partial charge in [-0.2, -0.15) is 0 Å². The maximum atomic E-state index is 11.5. The molecule has 36 heavy (non-hydrogen) atoms. The van der Waals surface area contributed by atoms with Gasteiger partial charge in [0.15, 0.2) is 0 Å². The standard InChI is InChI=1S/C27H32O9/c1-5-15(23-16(30)7-13(28)8-17(23)31)12(3)22-18(32)11-21(35)25(26(22)36)27(4,6-2)24-19(33)9-14(29)10-20(24)34/h7-12,15,28-36H,5-6H2,1-4H3. The zero-order valence-corrected chi connectivity index (χ0v) is 20.5. The maximum Gasteiger partial charge on any atom is 0.130 e. The first kappa shape index (κ1) is 26.5. The van der Waals surface area contributed by atoms with Gasteiger partial charge in [-0.1, -0.05) is 27.7 Å². The van der Waals surface area contributed by atoms with Gasteiger partial charge in [-0.15, -0.1) is 0 Å². The van der Waals surface area contributed by atoms with Crippen molar-refractivity contribution in [3.63, 3.8) is 0 Å². The third-order valence-electron chi connectivity index (χ3n) is 7.18. The Morgan fingerprint density at radius 2 is 1.03 bits per heavy atom. The average molecular weight is 501 g/mol. The van der Waals surface area contributed by atoms with Crippen molar-refractivity contribution in [2.45, 2.75) is 57.8 Å². The first-order chi connectivity index (χ1) is 16.8. The Labute approximate surface area is 208 Å². The van der Waals surface area contributed by atoms with Gasteiger partial charge in [0.2, 0.25) is 0 Å². The second kappa shape index (κ2) is 9.49. The van der Waals surface area contributed by atoms with E-state index in [1.807, 2.05) is 0 Å². The van der Waals surface area contributed by atoms with Crippen LogP contribution in [0, 0.1) is 0 Å². The van der Waals surface area contributed by atoms with Gasteiger partial charge in [0, 0.05) is 58.0 Å². The van der Waals surface area contributed by atoms with Crippen LogP contribution in [-0.2, 0) is 5.41 Å². The summed E-state index contributed by atoms with van der Waals surface area (Å²) in [6, 6.07) is 5.27. The van der Waals surface area contributed by atoms with Crippen LogP contribution in [0.5, 0.6) is 51.7 Å². The van der Waals surface area contributed by atoms with Crippen LogP contribution >= 0.6 is 0 Å². The predicted molar refractivity (Wildman–Crippen MR) is 133 cm³/mol. The van der Waals surface area contributed by atoms with Crippen molar-refractivity contribution in [1.82, 2.24) is 0 Å². The minimum atomic E-state index is -1.37. The van der Waals surface area contributed by atoms with E-state index in [0.29, 0.717) is 6.42 Å². The molecule has 3 rings (SSSR count). The number of benzene rings is 3. The van der Waals surface area contributed by atoms with Crippen molar-refractivity contribution in [1.29, 1.82) is 0 Å². The van der Waals surface area contributed by atoms with Crippen molar-refractivity contribution in [2.24, 2.45) is 0 Å². The van der Waals surface area contributed by atoms with E-state index in [1.165, 1.54) is 0 Å². The molecule has 0 aliphatic heterocycles. The summed E-state index contributed by atoms with van der Waals surface area (Å²) in [5.41, 5.74) is -1.36. The Balaban J connectivity index is 2.29. The Morgan fingerprint density at radius 3 is 1.47 bits per heavy atom. The van der Waals surface area contributed by atoms with Gasteiger partial charge < -0.3 is 46.0 Å². The van der Waals surface area contributed by atoms with Gasteiger partial charge in [-0.25, -0.2) is 0 Å². The molecule has 0 fully saturated rings. The summed E-state index contributed by atoms with van der Waals surface area (Å²) in [7, 11) is 0. The molecule has 3 aromatic carbocycles. The van der Waals surface area contributed by atoms with Crippen molar-refractivity contribution in [3.05, 3.63) is 52.6 Å². The molecule has 0 aromatic heterocycles. The molecular weight excluding hydrogens is 468 g/mol. The molecule has 0 saturated carbocycles. The summed E-state index contributed by atoms with van der Waals surface area (Å²) >= 11 is 0. The highest BCUT2D eigenvalue weighted by molar-refractivity contribution is 5.66. The van der Waals surface area contributed by atoms with E-state index in [-0.39, 0.29) is 51.7 Å². The third-order valence-corrected chi connectivity index (χ3v) is 7.18. The lowest BCUT2D eigenvalue weighted by molar-refractivity contribution is 0.358. The second-order valence-corrected chi connectivity index (χ2v) is 9.30. The van der Waals surface area contributed by atoms with E-state index in [4.69, 9.17) is 0 Å². The summed E-state index contributed by atoms with van der Waals surface area (Å²) in [5.74, 6) is -5.11. The predicted octanol–water partition coefficient (Wildman–Crippen LogP) is 5.05. The molecule has 0 aliphatic rings. The number of rotatable bonds is 7. The van der Waals surface area contributed by atoms with Gasteiger partial charge in [0.05, 0.1) is 0 Å². The molecule has 0 aliphatic carbocycles. The molecule has 0 heterocycles. The molecule has 0 bridgehead atoms. The topological polar surface area (TPSA) is 182 Å². The van der Waals surface area contributed by atoms with E-state index in [1.54, 1.807) is 27.7 Å². The van der Waals surface area contributed by atoms with E-state index in [9.17, 15) is 46.0 Å². The minimum Gasteiger partial charge on any atom is -0.508 e. The zero-order chi connectivity index (χ0) is 27.1. The molecule has 0 spiro atoms. The van der Waals surface area contributed by atoms with Crippen LogP contribution in [0.3, 0.4) is 0 Å². The smallest absolute Gasteiger partial charge is 0.130 e. The lowest BCUT2D eigenvalue weighted by Gasteiger charge is -2.34. The van der Waals surface area contributed by atoms with Gasteiger partial charge in [-0.05, 0) is 24.7 Å².